The van der Waals surface area contributed by atoms with Crippen molar-refractivity contribution < 1.29 is 13.9 Å². The lowest BCUT2D eigenvalue weighted by molar-refractivity contribution is 0.249. The van der Waals surface area contributed by atoms with Crippen LogP contribution in [-0.4, -0.2) is 34.1 Å². The van der Waals surface area contributed by atoms with E-state index >= 15 is 0 Å². The van der Waals surface area contributed by atoms with Crippen molar-refractivity contribution in [1.82, 2.24) is 15.0 Å². The zero-order valence-corrected chi connectivity index (χ0v) is 13.6. The fourth-order valence-corrected chi connectivity index (χ4v) is 2.64. The lowest BCUT2D eigenvalue weighted by Gasteiger charge is -2.28. The van der Waals surface area contributed by atoms with Crippen LogP contribution in [0.2, 0.25) is 0 Å². The third kappa shape index (κ3) is 3.16. The van der Waals surface area contributed by atoms with Crippen molar-refractivity contribution >= 4 is 17.7 Å². The first kappa shape index (κ1) is 15.9. The lowest BCUT2D eigenvalue weighted by Crippen LogP contribution is -2.41. The number of urea groups is 1. The number of carbonyl (C=O) groups is 1. The molecule has 0 radical (unpaired) electrons. The Balaban J connectivity index is 1.66. The van der Waals surface area contributed by atoms with E-state index in [2.05, 4.69) is 20.3 Å². The van der Waals surface area contributed by atoms with Gasteiger partial charge in [0, 0.05) is 11.8 Å². The van der Waals surface area contributed by atoms with Gasteiger partial charge in [0.1, 0.15) is 24.6 Å². The van der Waals surface area contributed by atoms with Gasteiger partial charge in [0.2, 0.25) is 0 Å². The Bertz CT molecular complexity index is 951. The fraction of sp³-hybridized carbons (Fsp3) is 0.111. The molecule has 0 aliphatic carbocycles. The number of fused-ring (bicyclic) bond motifs is 1. The minimum Gasteiger partial charge on any atom is -0.488 e. The van der Waals surface area contributed by atoms with Crippen LogP contribution in [0.1, 0.15) is 0 Å². The number of carbonyl (C=O) groups excluding carboxylic acids is 1. The highest BCUT2D eigenvalue weighted by atomic mass is 19.1. The minimum absolute atomic E-state index is 0.337. The Morgan fingerprint density at radius 3 is 2.96 bits per heavy atom. The molecule has 0 bridgehead atoms. The number of pyridine rings is 1. The van der Waals surface area contributed by atoms with Crippen molar-refractivity contribution in [3.63, 3.8) is 0 Å². The summed E-state index contributed by atoms with van der Waals surface area (Å²) < 4.78 is 19.1. The van der Waals surface area contributed by atoms with E-state index in [-0.39, 0.29) is 11.8 Å². The summed E-state index contributed by atoms with van der Waals surface area (Å²) in [5, 5.41) is 2.70. The van der Waals surface area contributed by atoms with Crippen molar-refractivity contribution in [1.29, 1.82) is 0 Å². The second kappa shape index (κ2) is 6.75. The van der Waals surface area contributed by atoms with E-state index in [1.807, 2.05) is 0 Å². The summed E-state index contributed by atoms with van der Waals surface area (Å²) in [6.45, 7) is 0.689. The summed E-state index contributed by atoms with van der Waals surface area (Å²) in [4.78, 5) is 26.4. The number of anilines is 2. The van der Waals surface area contributed by atoms with Crippen molar-refractivity contribution in [3.8, 4) is 17.0 Å². The summed E-state index contributed by atoms with van der Waals surface area (Å²) in [7, 11) is 0. The molecule has 7 nitrogen and oxygen atoms in total. The molecule has 26 heavy (non-hydrogen) atoms. The summed E-state index contributed by atoms with van der Waals surface area (Å²) in [6, 6.07) is 10.8. The van der Waals surface area contributed by atoms with Crippen LogP contribution in [0.4, 0.5) is 20.8 Å². The van der Waals surface area contributed by atoms with E-state index in [0.29, 0.717) is 41.8 Å². The second-order valence-corrected chi connectivity index (χ2v) is 5.55. The van der Waals surface area contributed by atoms with Crippen LogP contribution in [0, 0.1) is 5.82 Å². The van der Waals surface area contributed by atoms with Gasteiger partial charge in [0.25, 0.3) is 0 Å². The third-order valence-corrected chi connectivity index (χ3v) is 3.85. The second-order valence-electron chi connectivity index (χ2n) is 5.55. The topological polar surface area (TPSA) is 80.2 Å². The number of hydrogen-bond acceptors (Lipinski definition) is 5. The van der Waals surface area contributed by atoms with Gasteiger partial charge in [-0.05, 0) is 30.3 Å². The average molecular weight is 351 g/mol. The van der Waals surface area contributed by atoms with Crippen LogP contribution in [0.5, 0.6) is 5.75 Å². The van der Waals surface area contributed by atoms with Crippen LogP contribution in [0.25, 0.3) is 11.3 Å². The van der Waals surface area contributed by atoms with Crippen molar-refractivity contribution in [2.24, 2.45) is 0 Å². The van der Waals surface area contributed by atoms with E-state index in [1.165, 1.54) is 29.6 Å². The molecule has 3 aromatic rings. The zero-order chi connectivity index (χ0) is 17.9. The maximum absolute atomic E-state index is 13.5. The van der Waals surface area contributed by atoms with Gasteiger partial charge < -0.3 is 4.74 Å². The lowest BCUT2D eigenvalue weighted by atomic mass is 10.1. The Labute approximate surface area is 148 Å². The number of hydrogen-bond donors (Lipinski definition) is 1. The molecule has 0 atom stereocenters. The first-order valence-corrected chi connectivity index (χ1v) is 7.95. The van der Waals surface area contributed by atoms with E-state index in [0.717, 1.165) is 0 Å². The molecule has 0 fully saturated rings. The molecule has 1 aromatic carbocycles. The number of aromatic nitrogens is 3. The molecule has 4 rings (SSSR count). The molecule has 1 N–H and O–H groups in total. The monoisotopic (exact) mass is 351 g/mol. The van der Waals surface area contributed by atoms with Gasteiger partial charge in [0.05, 0.1) is 12.2 Å². The number of halogens is 1. The van der Waals surface area contributed by atoms with Crippen molar-refractivity contribution in [3.05, 3.63) is 60.8 Å². The molecule has 2 amide bonds. The van der Waals surface area contributed by atoms with Gasteiger partial charge >= 0.3 is 6.03 Å². The largest absolute Gasteiger partial charge is 0.488 e. The van der Waals surface area contributed by atoms with Gasteiger partial charge in [0.15, 0.2) is 11.6 Å². The SMILES string of the molecule is O=C(Nc1ccncn1)N1CCOc2ccc(-c3cccc(F)c3)nc21. The highest BCUT2D eigenvalue weighted by Crippen LogP contribution is 2.32. The average Bonchev–Trinajstić information content (AvgIpc) is 2.68. The number of nitrogens with one attached hydrogen (secondary N) is 1. The molecule has 1 aliphatic rings. The van der Waals surface area contributed by atoms with E-state index in [1.54, 1.807) is 30.3 Å². The molecule has 0 spiro atoms. The highest BCUT2D eigenvalue weighted by Gasteiger charge is 2.26. The van der Waals surface area contributed by atoms with Crippen LogP contribution >= 0.6 is 0 Å². The zero-order valence-electron chi connectivity index (χ0n) is 13.6. The number of nitrogens with zero attached hydrogens (tertiary/aromatic N) is 4. The van der Waals surface area contributed by atoms with Crippen LogP contribution in [0.3, 0.4) is 0 Å². The standard InChI is InChI=1S/C18H14FN5O2/c19-13-3-1-2-12(10-13)14-4-5-15-17(22-14)24(8-9-26-15)18(25)23-16-6-7-20-11-21-16/h1-7,10-11H,8-9H2,(H,20,21,23,25). The van der Waals surface area contributed by atoms with E-state index in [4.69, 9.17) is 4.74 Å². The summed E-state index contributed by atoms with van der Waals surface area (Å²) in [5.74, 6) is 0.912. The predicted molar refractivity (Wildman–Crippen MR) is 93.5 cm³/mol. The third-order valence-electron chi connectivity index (χ3n) is 3.85. The maximum Gasteiger partial charge on any atom is 0.328 e. The van der Waals surface area contributed by atoms with Crippen LogP contribution < -0.4 is 15.0 Å². The minimum atomic E-state index is -0.378. The summed E-state index contributed by atoms with van der Waals surface area (Å²) in [5.41, 5.74) is 1.17. The van der Waals surface area contributed by atoms with Crippen LogP contribution in [-0.2, 0) is 0 Å². The molecule has 0 saturated carbocycles. The number of benzene rings is 1. The molecule has 3 heterocycles. The first-order chi connectivity index (χ1) is 12.7. The van der Waals surface area contributed by atoms with E-state index < -0.39 is 0 Å². The molecule has 1 aliphatic heterocycles. The molecule has 8 heteroatoms. The van der Waals surface area contributed by atoms with Gasteiger partial charge in [-0.1, -0.05) is 12.1 Å². The van der Waals surface area contributed by atoms with Crippen molar-refractivity contribution in [2.75, 3.05) is 23.4 Å². The van der Waals surface area contributed by atoms with Crippen molar-refractivity contribution in [2.45, 2.75) is 0 Å². The van der Waals surface area contributed by atoms with Crippen LogP contribution in [0.15, 0.2) is 55.0 Å². The fourth-order valence-electron chi connectivity index (χ4n) is 2.64. The highest BCUT2D eigenvalue weighted by molar-refractivity contribution is 6.01. The molecule has 2 aromatic heterocycles. The maximum atomic E-state index is 13.5. The Kier molecular flexibility index (Phi) is 4.14. The Morgan fingerprint density at radius 2 is 2.15 bits per heavy atom. The smallest absolute Gasteiger partial charge is 0.328 e. The molecular formula is C18H14FN5O2. The first-order valence-electron chi connectivity index (χ1n) is 7.95. The molecular weight excluding hydrogens is 337 g/mol. The number of rotatable bonds is 2. The van der Waals surface area contributed by atoms with Gasteiger partial charge in [-0.25, -0.2) is 24.1 Å². The molecule has 0 unspecified atom stereocenters. The molecule has 130 valence electrons. The number of ether oxygens (including phenoxy) is 1. The number of amides is 2. The normalized spacial score (nSPS) is 12.9. The van der Waals surface area contributed by atoms with Gasteiger partial charge in [-0.3, -0.25) is 10.2 Å². The summed E-state index contributed by atoms with van der Waals surface area (Å²) in [6.07, 6.45) is 2.89. The molecule has 0 saturated heterocycles. The Morgan fingerprint density at radius 1 is 1.23 bits per heavy atom. The van der Waals surface area contributed by atoms with E-state index in [9.17, 15) is 9.18 Å². The van der Waals surface area contributed by atoms with Gasteiger partial charge in [-0.2, -0.15) is 0 Å². The Hall–Kier alpha value is -3.55. The predicted octanol–water partition coefficient (Wildman–Crippen LogP) is 3.11. The quantitative estimate of drug-likeness (QED) is 0.767. The van der Waals surface area contributed by atoms with Gasteiger partial charge in [-0.15, -0.1) is 0 Å². The summed E-state index contributed by atoms with van der Waals surface area (Å²) >= 11 is 0.